The third-order valence-corrected chi connectivity index (χ3v) is 5.41. The minimum Gasteiger partial charge on any atom is -0.460 e. The summed E-state index contributed by atoms with van der Waals surface area (Å²) in [6, 6.07) is 16.5. The Morgan fingerprint density at radius 1 is 1.06 bits per heavy atom. The lowest BCUT2D eigenvalue weighted by Gasteiger charge is -2.28. The van der Waals surface area contributed by atoms with E-state index < -0.39 is 18.0 Å². The maximum atomic E-state index is 13.0. The molecular weight excluding hydrogens is 420 g/mol. The standard InChI is InChI=1S/C25H26N4O4/c1-16-9-11-18(12-10-16)22-20(15-29(28-22)19-7-5-4-6-8-19)23-21(17(2)26-25(31)27-23)24(30)33-14-13-32-3/h4-12,15,23H,13-14H2,1-3H3,(H2,26,27,31)/t23-/m0/s1. The maximum Gasteiger partial charge on any atom is 0.338 e. The van der Waals surface area contributed by atoms with E-state index in [9.17, 15) is 9.59 Å². The van der Waals surface area contributed by atoms with Crippen LogP contribution in [-0.4, -0.2) is 42.1 Å². The van der Waals surface area contributed by atoms with Crippen molar-refractivity contribution in [3.63, 3.8) is 0 Å². The number of carbonyl (C=O) groups is 2. The third-order valence-electron chi connectivity index (χ3n) is 5.41. The molecule has 4 rings (SSSR count). The van der Waals surface area contributed by atoms with E-state index in [1.54, 1.807) is 11.6 Å². The van der Waals surface area contributed by atoms with E-state index in [0.29, 0.717) is 22.5 Å². The second kappa shape index (κ2) is 9.70. The lowest BCUT2D eigenvalue weighted by atomic mass is 9.93. The van der Waals surface area contributed by atoms with Crippen LogP contribution in [0.15, 0.2) is 72.1 Å². The topological polar surface area (TPSA) is 94.5 Å². The highest BCUT2D eigenvalue weighted by atomic mass is 16.6. The first-order valence-electron chi connectivity index (χ1n) is 10.6. The molecule has 0 fully saturated rings. The number of rotatable bonds is 7. The van der Waals surface area contributed by atoms with Crippen molar-refractivity contribution in [2.24, 2.45) is 0 Å². The van der Waals surface area contributed by atoms with Gasteiger partial charge in [-0.3, -0.25) is 0 Å². The molecule has 0 radical (unpaired) electrons. The number of para-hydroxylation sites is 1. The molecule has 1 atom stereocenters. The number of ether oxygens (including phenoxy) is 2. The van der Waals surface area contributed by atoms with Crippen molar-refractivity contribution in [3.8, 4) is 16.9 Å². The van der Waals surface area contributed by atoms with Crippen LogP contribution in [-0.2, 0) is 14.3 Å². The largest absolute Gasteiger partial charge is 0.460 e. The zero-order valence-corrected chi connectivity index (χ0v) is 18.8. The van der Waals surface area contributed by atoms with Gasteiger partial charge in [-0.25, -0.2) is 14.3 Å². The van der Waals surface area contributed by atoms with Crippen LogP contribution in [0.5, 0.6) is 0 Å². The summed E-state index contributed by atoms with van der Waals surface area (Å²) in [6.45, 7) is 4.09. The Morgan fingerprint density at radius 2 is 1.79 bits per heavy atom. The molecule has 0 bridgehead atoms. The Kier molecular flexibility index (Phi) is 6.55. The second-order valence-electron chi connectivity index (χ2n) is 7.78. The van der Waals surface area contributed by atoms with Gasteiger partial charge < -0.3 is 20.1 Å². The zero-order chi connectivity index (χ0) is 23.4. The van der Waals surface area contributed by atoms with E-state index in [1.807, 2.05) is 67.7 Å². The smallest absolute Gasteiger partial charge is 0.338 e. The molecule has 170 valence electrons. The molecule has 0 saturated heterocycles. The summed E-state index contributed by atoms with van der Waals surface area (Å²) in [5, 5.41) is 10.4. The van der Waals surface area contributed by atoms with Gasteiger partial charge in [0.05, 0.1) is 29.6 Å². The van der Waals surface area contributed by atoms with Gasteiger partial charge in [-0.05, 0) is 26.0 Å². The van der Waals surface area contributed by atoms with Crippen molar-refractivity contribution >= 4 is 12.0 Å². The molecule has 8 heteroatoms. The molecule has 0 spiro atoms. The van der Waals surface area contributed by atoms with Gasteiger partial charge in [0, 0.05) is 30.1 Å². The van der Waals surface area contributed by atoms with E-state index in [0.717, 1.165) is 16.8 Å². The fourth-order valence-corrected chi connectivity index (χ4v) is 3.74. The van der Waals surface area contributed by atoms with Crippen molar-refractivity contribution in [1.29, 1.82) is 0 Å². The molecule has 2 N–H and O–H groups in total. The predicted molar refractivity (Wildman–Crippen MR) is 124 cm³/mol. The highest BCUT2D eigenvalue weighted by molar-refractivity contribution is 5.95. The summed E-state index contributed by atoms with van der Waals surface area (Å²) in [7, 11) is 1.54. The molecule has 0 unspecified atom stereocenters. The molecule has 1 aliphatic rings. The van der Waals surface area contributed by atoms with Gasteiger partial charge in [0.2, 0.25) is 0 Å². The number of nitrogens with one attached hydrogen (secondary N) is 2. The number of nitrogens with zero attached hydrogens (tertiary/aromatic N) is 2. The van der Waals surface area contributed by atoms with Gasteiger partial charge in [0.15, 0.2) is 0 Å². The fourth-order valence-electron chi connectivity index (χ4n) is 3.74. The molecule has 8 nitrogen and oxygen atoms in total. The molecule has 0 aliphatic carbocycles. The third kappa shape index (κ3) is 4.80. The number of carbonyl (C=O) groups excluding carboxylic acids is 2. The predicted octanol–water partition coefficient (Wildman–Crippen LogP) is 3.67. The van der Waals surface area contributed by atoms with Crippen LogP contribution in [0, 0.1) is 6.92 Å². The minimum atomic E-state index is -0.734. The Balaban J connectivity index is 1.83. The summed E-state index contributed by atoms with van der Waals surface area (Å²) in [4.78, 5) is 25.4. The number of hydrogen-bond acceptors (Lipinski definition) is 5. The first-order chi connectivity index (χ1) is 16.0. The molecule has 1 aliphatic heterocycles. The van der Waals surface area contributed by atoms with Gasteiger partial charge in [-0.15, -0.1) is 0 Å². The Morgan fingerprint density at radius 3 is 2.48 bits per heavy atom. The van der Waals surface area contributed by atoms with E-state index in [-0.39, 0.29) is 13.2 Å². The van der Waals surface area contributed by atoms with Gasteiger partial charge >= 0.3 is 12.0 Å². The van der Waals surface area contributed by atoms with Crippen molar-refractivity contribution in [2.75, 3.05) is 20.3 Å². The summed E-state index contributed by atoms with van der Waals surface area (Å²) < 4.78 is 12.1. The average Bonchev–Trinajstić information content (AvgIpc) is 3.25. The number of urea groups is 1. The van der Waals surface area contributed by atoms with Crippen LogP contribution in [0.1, 0.15) is 24.1 Å². The van der Waals surface area contributed by atoms with Crippen LogP contribution >= 0.6 is 0 Å². The van der Waals surface area contributed by atoms with Gasteiger partial charge in [0.1, 0.15) is 6.61 Å². The van der Waals surface area contributed by atoms with Gasteiger partial charge in [-0.1, -0.05) is 48.0 Å². The summed E-state index contributed by atoms with van der Waals surface area (Å²) in [5.74, 6) is -0.524. The molecule has 0 saturated carbocycles. The number of aryl methyl sites for hydroxylation is 1. The van der Waals surface area contributed by atoms with Crippen molar-refractivity contribution in [2.45, 2.75) is 19.9 Å². The molecule has 2 heterocycles. The zero-order valence-electron chi connectivity index (χ0n) is 18.8. The van der Waals surface area contributed by atoms with E-state index in [4.69, 9.17) is 14.6 Å². The minimum absolute atomic E-state index is 0.112. The summed E-state index contributed by atoms with van der Waals surface area (Å²) in [5.41, 5.74) is 4.98. The number of methoxy groups -OCH3 is 1. The second-order valence-corrected chi connectivity index (χ2v) is 7.78. The van der Waals surface area contributed by atoms with Crippen molar-refractivity contribution in [1.82, 2.24) is 20.4 Å². The van der Waals surface area contributed by atoms with Crippen molar-refractivity contribution in [3.05, 3.63) is 83.2 Å². The molecular formula is C25H26N4O4. The van der Waals surface area contributed by atoms with Crippen LogP contribution in [0.4, 0.5) is 4.79 Å². The van der Waals surface area contributed by atoms with E-state index >= 15 is 0 Å². The molecule has 2 amide bonds. The van der Waals surface area contributed by atoms with Crippen LogP contribution in [0.25, 0.3) is 16.9 Å². The SMILES string of the molecule is COCCOC(=O)C1=C(C)NC(=O)N[C@H]1c1cn(-c2ccccc2)nc1-c1ccc(C)cc1. The van der Waals surface area contributed by atoms with Crippen molar-refractivity contribution < 1.29 is 19.1 Å². The monoisotopic (exact) mass is 446 g/mol. The summed E-state index contributed by atoms with van der Waals surface area (Å²) in [6.07, 6.45) is 1.84. The number of amides is 2. The normalized spacial score (nSPS) is 15.7. The van der Waals surface area contributed by atoms with E-state index in [1.165, 1.54) is 7.11 Å². The Hall–Kier alpha value is -3.91. The van der Waals surface area contributed by atoms with Gasteiger partial charge in [-0.2, -0.15) is 5.10 Å². The number of hydrogen-bond donors (Lipinski definition) is 2. The highest BCUT2D eigenvalue weighted by Gasteiger charge is 2.35. The van der Waals surface area contributed by atoms with Crippen LogP contribution in [0.2, 0.25) is 0 Å². The number of benzene rings is 2. The number of esters is 1. The lowest BCUT2D eigenvalue weighted by molar-refractivity contribution is -0.140. The molecule has 2 aromatic carbocycles. The highest BCUT2D eigenvalue weighted by Crippen LogP contribution is 2.35. The Bertz CT molecular complexity index is 1180. The Labute approximate surface area is 192 Å². The summed E-state index contributed by atoms with van der Waals surface area (Å²) >= 11 is 0. The van der Waals surface area contributed by atoms with E-state index in [2.05, 4.69) is 10.6 Å². The van der Waals surface area contributed by atoms with Crippen LogP contribution < -0.4 is 10.6 Å². The van der Waals surface area contributed by atoms with Crippen LogP contribution in [0.3, 0.4) is 0 Å². The molecule has 1 aromatic heterocycles. The molecule has 3 aromatic rings. The van der Waals surface area contributed by atoms with Gasteiger partial charge in [0.25, 0.3) is 0 Å². The fraction of sp³-hybridized carbons (Fsp3) is 0.240. The molecule has 33 heavy (non-hydrogen) atoms. The number of allylic oxidation sites excluding steroid dienone is 1. The first kappa shape index (κ1) is 22.3. The quantitative estimate of drug-likeness (QED) is 0.427. The first-order valence-corrected chi connectivity index (χ1v) is 10.6. The maximum absolute atomic E-state index is 13.0. The average molecular weight is 447 g/mol. The number of aromatic nitrogens is 2. The lowest BCUT2D eigenvalue weighted by Crippen LogP contribution is -2.45.